The van der Waals surface area contributed by atoms with Crippen molar-refractivity contribution in [2.24, 2.45) is 5.41 Å². The number of aromatic amines is 1. The second-order valence-corrected chi connectivity index (χ2v) is 16.9. The number of hydrogen-bond acceptors (Lipinski definition) is 8. The Bertz CT molecular complexity index is 2190. The number of nitrogens with one attached hydrogen (secondary N) is 2. The van der Waals surface area contributed by atoms with Crippen LogP contribution in [0.5, 0.6) is 0 Å². The molecule has 2 aromatic heterocycles. The molecule has 302 valence electrons. The van der Waals surface area contributed by atoms with E-state index < -0.39 is 11.5 Å². The predicted octanol–water partition coefficient (Wildman–Crippen LogP) is 4.78. The SMILES string of the molecule is C=CCC1(C(=O)OCn2cc3cc(C[C@H](NC(=O)N4CCC(c5cc6ccccc6[nH]c5=O)CC4)C(=O)N4CCN(C5CCN(C)CC5)CC4)cc(C)c3n2)CC1. The van der Waals surface area contributed by atoms with Crippen LogP contribution < -0.4 is 10.9 Å². The number of aryl methyl sites for hydroxylation is 1. The second-order valence-electron chi connectivity index (χ2n) is 16.9. The number of ether oxygens (including phenoxy) is 1. The number of piperazine rings is 1. The molecule has 3 saturated heterocycles. The first kappa shape index (κ1) is 38.8. The fourth-order valence-electron chi connectivity index (χ4n) is 9.24. The molecule has 2 N–H and O–H groups in total. The van der Waals surface area contributed by atoms with Crippen LogP contribution in [-0.4, -0.2) is 124 Å². The van der Waals surface area contributed by atoms with Crippen LogP contribution in [0.25, 0.3) is 21.8 Å². The van der Waals surface area contributed by atoms with Gasteiger partial charge in [0.15, 0.2) is 6.73 Å². The molecule has 1 atom stereocenters. The number of fused-ring (bicyclic) bond motifs is 2. The standard InChI is InChI=1S/C44H56N8O5/c1-4-13-44(14-15-44)42(55)57-29-52-28-34-25-31(24-30(2)39(34)47-52)26-38(41(54)50-22-20-49(21-23-50)35-11-16-48(3)17-12-35)46-43(56)51-18-9-32(10-19-51)36-27-33-7-5-6-8-37(33)45-40(36)53/h4-8,24-25,27-28,32,35,38H,1,9-23,26,29H2,2-3H3,(H,45,53)(H,46,56)/t38-/m0/s1. The summed E-state index contributed by atoms with van der Waals surface area (Å²) in [5.41, 5.74) is 3.71. The van der Waals surface area contributed by atoms with Gasteiger partial charge in [-0.15, -0.1) is 6.58 Å². The van der Waals surface area contributed by atoms with Gasteiger partial charge in [-0.25, -0.2) is 9.48 Å². The van der Waals surface area contributed by atoms with Gasteiger partial charge in [-0.1, -0.05) is 30.3 Å². The van der Waals surface area contributed by atoms with Crippen molar-refractivity contribution in [1.82, 2.24) is 39.7 Å². The molecule has 0 spiro atoms. The molecule has 4 aliphatic rings. The second kappa shape index (κ2) is 16.5. The Labute approximate surface area is 334 Å². The number of carbonyl (C=O) groups is 3. The molecule has 3 aliphatic heterocycles. The first-order valence-corrected chi connectivity index (χ1v) is 20.7. The van der Waals surface area contributed by atoms with Crippen molar-refractivity contribution in [3.8, 4) is 0 Å². The molecule has 57 heavy (non-hydrogen) atoms. The molecule has 0 bridgehead atoms. The zero-order valence-corrected chi connectivity index (χ0v) is 33.4. The van der Waals surface area contributed by atoms with E-state index in [4.69, 9.17) is 9.84 Å². The summed E-state index contributed by atoms with van der Waals surface area (Å²) < 4.78 is 7.31. The molecule has 4 fully saturated rings. The molecule has 5 heterocycles. The van der Waals surface area contributed by atoms with Gasteiger partial charge in [0, 0.05) is 74.4 Å². The lowest BCUT2D eigenvalue weighted by Crippen LogP contribution is -2.59. The number of likely N-dealkylation sites (tertiary alicyclic amines) is 2. The van der Waals surface area contributed by atoms with Crippen LogP contribution >= 0.6 is 0 Å². The van der Waals surface area contributed by atoms with Gasteiger partial charge in [-0.3, -0.25) is 19.3 Å². The molecular weight excluding hydrogens is 721 g/mol. The largest absolute Gasteiger partial charge is 0.442 e. The topological polar surface area (TPSA) is 136 Å². The van der Waals surface area contributed by atoms with E-state index in [-0.39, 0.29) is 36.1 Å². The summed E-state index contributed by atoms with van der Waals surface area (Å²) in [6, 6.07) is 13.3. The third-order valence-electron chi connectivity index (χ3n) is 12.9. The number of allylic oxidation sites excluding steroid dienone is 1. The minimum atomic E-state index is -0.763. The van der Waals surface area contributed by atoms with E-state index in [2.05, 4.69) is 33.7 Å². The molecule has 0 unspecified atom stereocenters. The van der Waals surface area contributed by atoms with E-state index in [1.807, 2.05) is 60.5 Å². The number of H-pyrrole nitrogens is 1. The summed E-state index contributed by atoms with van der Waals surface area (Å²) >= 11 is 0. The third-order valence-corrected chi connectivity index (χ3v) is 12.9. The first-order chi connectivity index (χ1) is 27.6. The van der Waals surface area contributed by atoms with E-state index in [1.54, 1.807) is 15.7 Å². The van der Waals surface area contributed by atoms with Crippen LogP contribution in [-0.2, 0) is 27.5 Å². The van der Waals surface area contributed by atoms with Crippen molar-refractivity contribution in [3.05, 3.63) is 88.4 Å². The smallest absolute Gasteiger partial charge is 0.318 e. The number of urea groups is 1. The van der Waals surface area contributed by atoms with Gasteiger partial charge in [0.05, 0.1) is 10.9 Å². The Kier molecular flexibility index (Phi) is 11.2. The van der Waals surface area contributed by atoms with Gasteiger partial charge in [0.25, 0.3) is 5.56 Å². The zero-order valence-electron chi connectivity index (χ0n) is 33.4. The van der Waals surface area contributed by atoms with Gasteiger partial charge in [-0.05, 0) is 113 Å². The summed E-state index contributed by atoms with van der Waals surface area (Å²) in [5, 5.41) is 9.74. The summed E-state index contributed by atoms with van der Waals surface area (Å²) in [7, 11) is 2.17. The molecule has 1 saturated carbocycles. The third kappa shape index (κ3) is 8.50. The molecule has 1 aliphatic carbocycles. The summed E-state index contributed by atoms with van der Waals surface area (Å²) in [6.45, 7) is 11.9. The lowest BCUT2D eigenvalue weighted by atomic mass is 9.89. The maximum Gasteiger partial charge on any atom is 0.318 e. The molecule has 4 aromatic rings. The van der Waals surface area contributed by atoms with Crippen LogP contribution in [0.15, 0.2) is 66.1 Å². The number of para-hydroxylation sites is 1. The zero-order chi connectivity index (χ0) is 39.7. The van der Waals surface area contributed by atoms with Crippen molar-refractivity contribution in [2.75, 3.05) is 59.4 Å². The van der Waals surface area contributed by atoms with Crippen LogP contribution in [0, 0.1) is 12.3 Å². The van der Waals surface area contributed by atoms with Crippen LogP contribution in [0.2, 0.25) is 0 Å². The van der Waals surface area contributed by atoms with E-state index in [9.17, 15) is 19.2 Å². The monoisotopic (exact) mass is 776 g/mol. The van der Waals surface area contributed by atoms with Gasteiger partial charge in [0.1, 0.15) is 6.04 Å². The number of esters is 1. The van der Waals surface area contributed by atoms with Crippen molar-refractivity contribution in [3.63, 3.8) is 0 Å². The van der Waals surface area contributed by atoms with Crippen molar-refractivity contribution < 1.29 is 19.1 Å². The van der Waals surface area contributed by atoms with E-state index >= 15 is 0 Å². The van der Waals surface area contributed by atoms with Gasteiger partial charge in [-0.2, -0.15) is 5.10 Å². The number of rotatable bonds is 11. The maximum atomic E-state index is 14.4. The Morgan fingerprint density at radius 2 is 1.70 bits per heavy atom. The van der Waals surface area contributed by atoms with Crippen molar-refractivity contribution in [1.29, 1.82) is 0 Å². The number of carbonyl (C=O) groups excluding carboxylic acids is 3. The number of pyridine rings is 1. The highest BCUT2D eigenvalue weighted by Crippen LogP contribution is 2.50. The molecular formula is C44H56N8O5. The molecule has 0 radical (unpaired) electrons. The summed E-state index contributed by atoms with van der Waals surface area (Å²) in [5.74, 6) is -0.241. The van der Waals surface area contributed by atoms with Gasteiger partial charge in [0.2, 0.25) is 5.91 Å². The highest BCUT2D eigenvalue weighted by atomic mass is 16.5. The summed E-state index contributed by atoms with van der Waals surface area (Å²) in [6.07, 6.45) is 9.83. The van der Waals surface area contributed by atoms with E-state index in [0.717, 1.165) is 90.4 Å². The first-order valence-electron chi connectivity index (χ1n) is 20.7. The number of piperidine rings is 2. The van der Waals surface area contributed by atoms with Crippen LogP contribution in [0.3, 0.4) is 0 Å². The normalized spacial score (nSPS) is 20.1. The quantitative estimate of drug-likeness (QED) is 0.164. The number of benzene rings is 2. The Morgan fingerprint density at radius 1 is 0.965 bits per heavy atom. The Hall–Kier alpha value is -5.01. The molecule has 13 heteroatoms. The Balaban J connectivity index is 0.957. The number of hydrogen-bond donors (Lipinski definition) is 2. The lowest BCUT2D eigenvalue weighted by Gasteiger charge is -2.43. The lowest BCUT2D eigenvalue weighted by molar-refractivity contribution is -0.154. The molecule has 8 rings (SSSR count). The fourth-order valence-corrected chi connectivity index (χ4v) is 9.24. The maximum absolute atomic E-state index is 14.4. The van der Waals surface area contributed by atoms with E-state index in [0.29, 0.717) is 57.9 Å². The fraction of sp³-hybridized carbons (Fsp3) is 0.523. The highest BCUT2D eigenvalue weighted by molar-refractivity contribution is 5.88. The molecule has 3 amide bonds. The summed E-state index contributed by atoms with van der Waals surface area (Å²) in [4.78, 5) is 65.9. The van der Waals surface area contributed by atoms with E-state index in [1.165, 1.54) is 0 Å². The number of aromatic nitrogens is 3. The van der Waals surface area contributed by atoms with Crippen molar-refractivity contribution >= 4 is 39.7 Å². The Morgan fingerprint density at radius 3 is 2.42 bits per heavy atom. The average molecular weight is 777 g/mol. The molecule has 13 nitrogen and oxygen atoms in total. The van der Waals surface area contributed by atoms with Gasteiger partial charge >= 0.3 is 12.0 Å². The number of nitrogens with zero attached hydrogens (tertiary/aromatic N) is 6. The number of amides is 3. The minimum Gasteiger partial charge on any atom is -0.442 e. The van der Waals surface area contributed by atoms with Crippen molar-refractivity contribution in [2.45, 2.75) is 83.0 Å². The predicted molar refractivity (Wildman–Crippen MR) is 220 cm³/mol. The molecule has 2 aromatic carbocycles. The highest BCUT2D eigenvalue weighted by Gasteiger charge is 2.50. The minimum absolute atomic E-state index is 0.0217. The van der Waals surface area contributed by atoms with Crippen LogP contribution in [0.1, 0.15) is 67.6 Å². The average Bonchev–Trinajstić information content (AvgIpc) is 3.89. The van der Waals surface area contributed by atoms with Gasteiger partial charge < -0.3 is 29.7 Å². The van der Waals surface area contributed by atoms with Crippen LogP contribution in [0.4, 0.5) is 4.79 Å².